The molecule has 6 nitrogen and oxygen atoms in total. The van der Waals surface area contributed by atoms with Gasteiger partial charge in [-0.1, -0.05) is 19.9 Å². The first-order chi connectivity index (χ1) is 13.6. The van der Waals surface area contributed by atoms with Crippen LogP contribution in [0.25, 0.3) is 11.1 Å². The number of benzene rings is 1. The molecular weight excluding hydrogens is 352 g/mol. The second-order valence-electron chi connectivity index (χ2n) is 6.68. The standard InChI is InChI=1S/C22H24N4O2/c1-15(2)17-6-7-20(26-14-27)19(12-17)18-5-4-9-24-22(18)25-13-16-8-10-23-21(11-16)28-3/h4-12,14-15H,13H2,1-3H3,(H,24,25)(H,26,27). The van der Waals surface area contributed by atoms with Crippen LogP contribution in [0.15, 0.2) is 54.9 Å². The van der Waals surface area contributed by atoms with Gasteiger partial charge in [0.05, 0.1) is 7.11 Å². The zero-order valence-corrected chi connectivity index (χ0v) is 16.3. The monoisotopic (exact) mass is 376 g/mol. The summed E-state index contributed by atoms with van der Waals surface area (Å²) in [5.41, 5.74) is 4.84. The van der Waals surface area contributed by atoms with Crippen LogP contribution in [0.2, 0.25) is 0 Å². The number of carbonyl (C=O) groups excluding carboxylic acids is 1. The number of carbonyl (C=O) groups is 1. The Morgan fingerprint density at radius 1 is 1.07 bits per heavy atom. The Morgan fingerprint density at radius 3 is 2.68 bits per heavy atom. The number of aromatic nitrogens is 2. The lowest BCUT2D eigenvalue weighted by Crippen LogP contribution is -2.05. The second kappa shape index (κ2) is 8.99. The van der Waals surface area contributed by atoms with Crippen LogP contribution in [0, 0.1) is 0 Å². The molecule has 144 valence electrons. The van der Waals surface area contributed by atoms with E-state index in [-0.39, 0.29) is 0 Å². The number of hydrogen-bond acceptors (Lipinski definition) is 5. The number of nitrogens with zero attached hydrogens (tertiary/aromatic N) is 2. The fraction of sp³-hybridized carbons (Fsp3) is 0.227. The van der Waals surface area contributed by atoms with Gasteiger partial charge in [0.25, 0.3) is 0 Å². The molecule has 0 bridgehead atoms. The van der Waals surface area contributed by atoms with Crippen molar-refractivity contribution < 1.29 is 9.53 Å². The number of anilines is 2. The van der Waals surface area contributed by atoms with Gasteiger partial charge in [-0.2, -0.15) is 0 Å². The fourth-order valence-corrected chi connectivity index (χ4v) is 2.95. The van der Waals surface area contributed by atoms with Crippen molar-refractivity contribution in [3.05, 3.63) is 66.0 Å². The van der Waals surface area contributed by atoms with Gasteiger partial charge in [-0.25, -0.2) is 9.97 Å². The molecule has 0 spiro atoms. The molecular formula is C22H24N4O2. The summed E-state index contributed by atoms with van der Waals surface area (Å²) in [6.07, 6.45) is 4.16. The van der Waals surface area contributed by atoms with Gasteiger partial charge in [-0.3, -0.25) is 4.79 Å². The largest absolute Gasteiger partial charge is 0.481 e. The smallest absolute Gasteiger partial charge is 0.213 e. The topological polar surface area (TPSA) is 76.1 Å². The highest BCUT2D eigenvalue weighted by molar-refractivity contribution is 5.89. The van der Waals surface area contributed by atoms with E-state index in [0.717, 1.165) is 28.2 Å². The lowest BCUT2D eigenvalue weighted by Gasteiger charge is -2.16. The van der Waals surface area contributed by atoms with Gasteiger partial charge in [-0.05, 0) is 47.4 Å². The van der Waals surface area contributed by atoms with E-state index in [1.165, 1.54) is 5.56 Å². The van der Waals surface area contributed by atoms with Crippen molar-refractivity contribution in [2.45, 2.75) is 26.3 Å². The molecule has 3 aromatic rings. The van der Waals surface area contributed by atoms with Crippen molar-refractivity contribution in [3.63, 3.8) is 0 Å². The fourth-order valence-electron chi connectivity index (χ4n) is 2.95. The second-order valence-corrected chi connectivity index (χ2v) is 6.68. The van der Waals surface area contributed by atoms with Crippen LogP contribution >= 0.6 is 0 Å². The molecule has 2 heterocycles. The van der Waals surface area contributed by atoms with E-state index in [4.69, 9.17) is 4.74 Å². The zero-order valence-electron chi connectivity index (χ0n) is 16.3. The van der Waals surface area contributed by atoms with Gasteiger partial charge >= 0.3 is 0 Å². The Bertz CT molecular complexity index is 957. The normalized spacial score (nSPS) is 10.6. The third-order valence-electron chi connectivity index (χ3n) is 4.49. The summed E-state index contributed by atoms with van der Waals surface area (Å²) < 4.78 is 5.18. The van der Waals surface area contributed by atoms with E-state index >= 15 is 0 Å². The Balaban J connectivity index is 1.95. The Kier molecular flexibility index (Phi) is 6.22. The number of amides is 1. The molecule has 0 atom stereocenters. The van der Waals surface area contributed by atoms with Gasteiger partial charge in [0.15, 0.2) is 0 Å². The van der Waals surface area contributed by atoms with Crippen molar-refractivity contribution >= 4 is 17.9 Å². The van der Waals surface area contributed by atoms with Crippen molar-refractivity contribution in [3.8, 4) is 17.0 Å². The quantitative estimate of drug-likeness (QED) is 0.568. The minimum Gasteiger partial charge on any atom is -0.481 e. The minimum absolute atomic E-state index is 0.376. The number of ether oxygens (including phenoxy) is 1. The van der Waals surface area contributed by atoms with E-state index in [2.05, 4.69) is 40.5 Å². The van der Waals surface area contributed by atoms with Crippen LogP contribution in [0.5, 0.6) is 5.88 Å². The predicted octanol–water partition coefficient (Wildman–Crippen LogP) is 4.46. The van der Waals surface area contributed by atoms with Gasteiger partial charge in [0.2, 0.25) is 12.3 Å². The van der Waals surface area contributed by atoms with Crippen LogP contribution in [0.1, 0.15) is 30.9 Å². The molecule has 0 saturated heterocycles. The molecule has 0 aliphatic carbocycles. The molecule has 0 aliphatic rings. The summed E-state index contributed by atoms with van der Waals surface area (Å²) in [6.45, 7) is 4.86. The molecule has 0 radical (unpaired) electrons. The van der Waals surface area contributed by atoms with Gasteiger partial charge in [-0.15, -0.1) is 0 Å². The van der Waals surface area contributed by atoms with Crippen molar-refractivity contribution in [2.24, 2.45) is 0 Å². The van der Waals surface area contributed by atoms with Gasteiger partial charge in [0, 0.05) is 41.8 Å². The molecule has 0 aliphatic heterocycles. The summed E-state index contributed by atoms with van der Waals surface area (Å²) in [4.78, 5) is 19.7. The van der Waals surface area contributed by atoms with Crippen LogP contribution < -0.4 is 15.4 Å². The highest BCUT2D eigenvalue weighted by Crippen LogP contribution is 2.35. The maximum atomic E-state index is 11.1. The van der Waals surface area contributed by atoms with Crippen molar-refractivity contribution in [1.29, 1.82) is 0 Å². The Morgan fingerprint density at radius 2 is 1.93 bits per heavy atom. The summed E-state index contributed by atoms with van der Waals surface area (Å²) in [7, 11) is 1.60. The molecule has 6 heteroatoms. The van der Waals surface area contributed by atoms with Gasteiger partial charge in [0.1, 0.15) is 5.82 Å². The average Bonchev–Trinajstić information content (AvgIpc) is 2.73. The van der Waals surface area contributed by atoms with Crippen LogP contribution in [-0.2, 0) is 11.3 Å². The van der Waals surface area contributed by atoms with Crippen LogP contribution in [-0.4, -0.2) is 23.5 Å². The highest BCUT2D eigenvalue weighted by atomic mass is 16.5. The first-order valence-electron chi connectivity index (χ1n) is 9.14. The summed E-state index contributed by atoms with van der Waals surface area (Å²) >= 11 is 0. The Labute approximate surface area is 165 Å². The number of pyridine rings is 2. The van der Waals surface area contributed by atoms with E-state index in [1.807, 2.05) is 36.4 Å². The highest BCUT2D eigenvalue weighted by Gasteiger charge is 2.13. The maximum Gasteiger partial charge on any atom is 0.213 e. The predicted molar refractivity (Wildman–Crippen MR) is 112 cm³/mol. The number of nitrogens with one attached hydrogen (secondary N) is 2. The lowest BCUT2D eigenvalue weighted by atomic mass is 9.96. The molecule has 2 N–H and O–H groups in total. The number of methoxy groups -OCH3 is 1. The van der Waals surface area contributed by atoms with E-state index in [1.54, 1.807) is 19.5 Å². The van der Waals surface area contributed by atoms with Crippen LogP contribution in [0.3, 0.4) is 0 Å². The molecule has 0 saturated carbocycles. The third-order valence-corrected chi connectivity index (χ3v) is 4.49. The van der Waals surface area contributed by atoms with Crippen molar-refractivity contribution in [2.75, 3.05) is 17.7 Å². The maximum absolute atomic E-state index is 11.1. The summed E-state index contributed by atoms with van der Waals surface area (Å²) in [6, 6.07) is 13.8. The summed E-state index contributed by atoms with van der Waals surface area (Å²) in [5, 5.41) is 6.18. The molecule has 0 unspecified atom stereocenters. The molecule has 2 aromatic heterocycles. The van der Waals surface area contributed by atoms with E-state index in [0.29, 0.717) is 24.8 Å². The molecule has 1 aromatic carbocycles. The zero-order chi connectivity index (χ0) is 19.9. The lowest BCUT2D eigenvalue weighted by molar-refractivity contribution is -0.105. The van der Waals surface area contributed by atoms with E-state index in [9.17, 15) is 4.79 Å². The first-order valence-corrected chi connectivity index (χ1v) is 9.14. The molecule has 1 amide bonds. The van der Waals surface area contributed by atoms with Crippen LogP contribution in [0.4, 0.5) is 11.5 Å². The first kappa shape index (κ1) is 19.4. The average molecular weight is 376 g/mol. The van der Waals surface area contributed by atoms with E-state index < -0.39 is 0 Å². The third kappa shape index (κ3) is 4.46. The summed E-state index contributed by atoms with van der Waals surface area (Å²) in [5.74, 6) is 1.69. The van der Waals surface area contributed by atoms with Crippen molar-refractivity contribution in [1.82, 2.24) is 9.97 Å². The molecule has 0 fully saturated rings. The number of rotatable bonds is 8. The minimum atomic E-state index is 0.376. The number of hydrogen-bond donors (Lipinski definition) is 2. The van der Waals surface area contributed by atoms with Gasteiger partial charge < -0.3 is 15.4 Å². The molecule has 3 rings (SSSR count). The Hall–Kier alpha value is -3.41. The SMILES string of the molecule is COc1cc(CNc2ncccc2-c2cc(C(C)C)ccc2NC=O)ccn1. The molecule has 28 heavy (non-hydrogen) atoms.